The lowest BCUT2D eigenvalue weighted by molar-refractivity contribution is -0.170. The molecule has 7 heteroatoms. The van der Waals surface area contributed by atoms with Gasteiger partial charge in [-0.15, -0.1) is 11.3 Å². The Labute approximate surface area is 145 Å². The second-order valence-corrected chi connectivity index (χ2v) is 6.88. The largest absolute Gasteiger partial charge is 0.468 e. The lowest BCUT2D eigenvalue weighted by Crippen LogP contribution is -2.46. The minimum Gasteiger partial charge on any atom is -0.468 e. The first-order chi connectivity index (χ1) is 11.4. The fourth-order valence-electron chi connectivity index (χ4n) is 3.33. The van der Waals surface area contributed by atoms with E-state index in [4.69, 9.17) is 14.2 Å². The zero-order valence-corrected chi connectivity index (χ0v) is 14.9. The number of carbonyl (C=O) groups is 3. The molecule has 0 spiro atoms. The van der Waals surface area contributed by atoms with Crippen LogP contribution in [-0.4, -0.2) is 38.7 Å². The second kappa shape index (κ2) is 7.79. The van der Waals surface area contributed by atoms with Gasteiger partial charge >= 0.3 is 17.9 Å². The van der Waals surface area contributed by atoms with Gasteiger partial charge in [0, 0.05) is 18.2 Å². The van der Waals surface area contributed by atoms with Crippen LogP contribution >= 0.6 is 11.3 Å². The van der Waals surface area contributed by atoms with Gasteiger partial charge in [-0.25, -0.2) is 0 Å². The third kappa shape index (κ3) is 3.61. The first-order valence-corrected chi connectivity index (χ1v) is 8.69. The molecule has 0 N–H and O–H groups in total. The summed E-state index contributed by atoms with van der Waals surface area (Å²) in [5.74, 6) is -1.40. The van der Waals surface area contributed by atoms with E-state index in [0.29, 0.717) is 25.9 Å². The summed E-state index contributed by atoms with van der Waals surface area (Å²) in [7, 11) is 2.57. The van der Waals surface area contributed by atoms with Crippen LogP contribution in [0.5, 0.6) is 0 Å². The van der Waals surface area contributed by atoms with Crippen LogP contribution in [0.25, 0.3) is 0 Å². The first-order valence-electron chi connectivity index (χ1n) is 7.81. The van der Waals surface area contributed by atoms with Gasteiger partial charge in [-0.3, -0.25) is 14.4 Å². The van der Waals surface area contributed by atoms with Crippen molar-refractivity contribution in [1.82, 2.24) is 0 Å². The molecule has 0 aliphatic heterocycles. The molecule has 1 heterocycles. The van der Waals surface area contributed by atoms with E-state index in [0.717, 1.165) is 12.0 Å². The van der Waals surface area contributed by atoms with Gasteiger partial charge in [0.2, 0.25) is 0 Å². The molecule has 0 amide bonds. The first kappa shape index (κ1) is 18.4. The third-order valence-corrected chi connectivity index (χ3v) is 5.51. The molecule has 24 heavy (non-hydrogen) atoms. The topological polar surface area (TPSA) is 78.9 Å². The summed E-state index contributed by atoms with van der Waals surface area (Å²) in [6.07, 6.45) is 2.03. The van der Waals surface area contributed by atoms with Gasteiger partial charge in [0.15, 0.2) is 5.41 Å². The van der Waals surface area contributed by atoms with Gasteiger partial charge in [0.1, 0.15) is 0 Å². The molecule has 1 aliphatic rings. The van der Waals surface area contributed by atoms with Crippen LogP contribution in [-0.2, 0) is 35.0 Å². The number of hydrogen-bond donors (Lipinski definition) is 0. The van der Waals surface area contributed by atoms with Gasteiger partial charge in [-0.05, 0) is 42.2 Å². The lowest BCUT2D eigenvalue weighted by Gasteiger charge is -2.36. The Kier molecular flexibility index (Phi) is 5.99. The Morgan fingerprint density at radius 2 is 1.92 bits per heavy atom. The highest BCUT2D eigenvalue weighted by Crippen LogP contribution is 2.47. The highest BCUT2D eigenvalue weighted by Gasteiger charge is 2.53. The molecule has 1 aliphatic carbocycles. The van der Waals surface area contributed by atoms with E-state index in [2.05, 4.69) is 0 Å². The Morgan fingerprint density at radius 3 is 2.50 bits per heavy atom. The number of esters is 3. The van der Waals surface area contributed by atoms with Crippen molar-refractivity contribution in [3.63, 3.8) is 0 Å². The fourth-order valence-corrected chi connectivity index (χ4v) is 4.39. The molecule has 0 aromatic carbocycles. The summed E-state index contributed by atoms with van der Waals surface area (Å²) in [5, 5.41) is 1.97. The monoisotopic (exact) mass is 354 g/mol. The molecule has 1 aromatic heterocycles. The molecule has 0 fully saturated rings. The Hall–Kier alpha value is -1.89. The average Bonchev–Trinajstić information content (AvgIpc) is 3.04. The van der Waals surface area contributed by atoms with Crippen molar-refractivity contribution in [2.75, 3.05) is 20.8 Å². The van der Waals surface area contributed by atoms with Crippen molar-refractivity contribution in [1.29, 1.82) is 0 Å². The third-order valence-electron chi connectivity index (χ3n) is 4.39. The summed E-state index contributed by atoms with van der Waals surface area (Å²) < 4.78 is 14.8. The summed E-state index contributed by atoms with van der Waals surface area (Å²) in [6, 6.07) is 1.94. The maximum atomic E-state index is 12.4. The van der Waals surface area contributed by atoms with E-state index < -0.39 is 17.4 Å². The van der Waals surface area contributed by atoms with Crippen LogP contribution in [0, 0.1) is 5.41 Å². The zero-order valence-electron chi connectivity index (χ0n) is 14.1. The summed E-state index contributed by atoms with van der Waals surface area (Å²) in [6.45, 7) is 1.70. The quantitative estimate of drug-likeness (QED) is 0.338. The van der Waals surface area contributed by atoms with Crippen molar-refractivity contribution in [3.05, 3.63) is 21.9 Å². The van der Waals surface area contributed by atoms with Gasteiger partial charge in [0.25, 0.3) is 0 Å². The molecular weight excluding hydrogens is 332 g/mol. The van der Waals surface area contributed by atoms with Crippen molar-refractivity contribution in [3.8, 4) is 0 Å². The van der Waals surface area contributed by atoms with Crippen LogP contribution in [0.1, 0.15) is 42.5 Å². The van der Waals surface area contributed by atoms with Crippen molar-refractivity contribution in [2.24, 2.45) is 5.41 Å². The molecule has 6 nitrogen and oxygen atoms in total. The molecule has 2 rings (SSSR count). The van der Waals surface area contributed by atoms with E-state index in [9.17, 15) is 14.4 Å². The Bertz CT molecular complexity index is 604. The number of methoxy groups -OCH3 is 2. The summed E-state index contributed by atoms with van der Waals surface area (Å²) in [5.41, 5.74) is -0.316. The fraction of sp³-hybridized carbons (Fsp3) is 0.588. The van der Waals surface area contributed by atoms with Crippen LogP contribution in [0.3, 0.4) is 0 Å². The van der Waals surface area contributed by atoms with Crippen LogP contribution in [0.4, 0.5) is 0 Å². The number of carbonyl (C=O) groups excluding carboxylic acids is 3. The average molecular weight is 354 g/mol. The number of rotatable bonds is 6. The zero-order chi connectivity index (χ0) is 17.7. The minimum absolute atomic E-state index is 0.0301. The van der Waals surface area contributed by atoms with Crippen LogP contribution in [0.2, 0.25) is 0 Å². The SMILES string of the molecule is COC(=O)C1(C(=O)OC)Cc2ccsc2C(CCCOC(C)=O)C1. The molecule has 0 saturated heterocycles. The van der Waals surface area contributed by atoms with Crippen molar-refractivity contribution in [2.45, 2.75) is 38.5 Å². The van der Waals surface area contributed by atoms with E-state index in [1.54, 1.807) is 11.3 Å². The van der Waals surface area contributed by atoms with Crippen molar-refractivity contribution < 1.29 is 28.6 Å². The van der Waals surface area contributed by atoms with Crippen LogP contribution < -0.4 is 0 Å². The summed E-state index contributed by atoms with van der Waals surface area (Å²) >= 11 is 1.63. The molecule has 0 radical (unpaired) electrons. The predicted octanol–water partition coefficient (Wildman–Crippen LogP) is 2.45. The molecule has 1 aromatic rings. The van der Waals surface area contributed by atoms with E-state index >= 15 is 0 Å². The predicted molar refractivity (Wildman–Crippen MR) is 87.7 cm³/mol. The van der Waals surface area contributed by atoms with E-state index in [1.165, 1.54) is 26.0 Å². The maximum Gasteiger partial charge on any atom is 0.323 e. The Balaban J connectivity index is 2.23. The number of thiophene rings is 1. The molecular formula is C17H22O6S. The highest BCUT2D eigenvalue weighted by molar-refractivity contribution is 7.10. The highest BCUT2D eigenvalue weighted by atomic mass is 32.1. The van der Waals surface area contributed by atoms with E-state index in [1.807, 2.05) is 11.4 Å². The van der Waals surface area contributed by atoms with Gasteiger partial charge in [0.05, 0.1) is 20.8 Å². The Morgan fingerprint density at radius 1 is 1.25 bits per heavy atom. The molecule has 1 unspecified atom stereocenters. The molecule has 132 valence electrons. The summed E-state index contributed by atoms with van der Waals surface area (Å²) in [4.78, 5) is 36.8. The molecule has 0 saturated carbocycles. The standard InChI is InChI=1S/C17H22O6S/c1-11(18)23-7-4-5-12-9-17(15(19)21-2,16(20)22-3)10-13-6-8-24-14(12)13/h6,8,12H,4-5,7,9-10H2,1-3H3. The normalized spacial score (nSPS) is 18.4. The van der Waals surface area contributed by atoms with Gasteiger partial charge in [-0.2, -0.15) is 0 Å². The maximum absolute atomic E-state index is 12.4. The second-order valence-electron chi connectivity index (χ2n) is 5.94. The lowest BCUT2D eigenvalue weighted by atomic mass is 9.68. The van der Waals surface area contributed by atoms with Gasteiger partial charge in [-0.1, -0.05) is 0 Å². The molecule has 1 atom stereocenters. The van der Waals surface area contributed by atoms with Gasteiger partial charge < -0.3 is 14.2 Å². The van der Waals surface area contributed by atoms with E-state index in [-0.39, 0.29) is 11.9 Å². The van der Waals surface area contributed by atoms with Crippen LogP contribution in [0.15, 0.2) is 11.4 Å². The number of hydrogen-bond acceptors (Lipinski definition) is 7. The number of ether oxygens (including phenoxy) is 3. The minimum atomic E-state index is -1.30. The van der Waals surface area contributed by atoms with Crippen molar-refractivity contribution >= 4 is 29.2 Å². The molecule has 0 bridgehead atoms. The number of fused-ring (bicyclic) bond motifs is 1. The smallest absolute Gasteiger partial charge is 0.323 e.